The van der Waals surface area contributed by atoms with Crippen LogP contribution in [-0.4, -0.2) is 76.1 Å². The lowest BCUT2D eigenvalue weighted by atomic mass is 10.1. The van der Waals surface area contributed by atoms with Gasteiger partial charge in [0.15, 0.2) is 5.16 Å². The molecule has 28 heavy (non-hydrogen) atoms. The van der Waals surface area contributed by atoms with E-state index in [1.54, 1.807) is 6.07 Å². The number of carbonyl (C=O) groups is 2. The minimum absolute atomic E-state index is 0.133. The van der Waals surface area contributed by atoms with E-state index in [4.69, 9.17) is 11.6 Å². The Morgan fingerprint density at radius 1 is 1.18 bits per heavy atom. The minimum Gasteiger partial charge on any atom is -0.353 e. The van der Waals surface area contributed by atoms with Gasteiger partial charge in [-0.1, -0.05) is 23.4 Å². The fraction of sp³-hybridized carbons (Fsp3) is 0.684. The van der Waals surface area contributed by atoms with Crippen molar-refractivity contribution in [1.82, 2.24) is 19.8 Å². The summed E-state index contributed by atoms with van der Waals surface area (Å²) >= 11 is 7.56. The zero-order valence-corrected chi connectivity index (χ0v) is 17.7. The summed E-state index contributed by atoms with van der Waals surface area (Å²) in [6.45, 7) is 5.94. The molecule has 1 unspecified atom stereocenters. The second kappa shape index (κ2) is 8.45. The maximum atomic E-state index is 12.4. The highest BCUT2D eigenvalue weighted by Crippen LogP contribution is 2.33. The molecule has 2 saturated heterocycles. The number of thioether (sulfide) groups is 1. The summed E-state index contributed by atoms with van der Waals surface area (Å²) in [6.07, 6.45) is 4.23. The molecule has 0 spiro atoms. The smallest absolute Gasteiger partial charge is 0.233 e. The van der Waals surface area contributed by atoms with Crippen molar-refractivity contribution in [1.29, 1.82) is 0 Å². The van der Waals surface area contributed by atoms with E-state index >= 15 is 0 Å². The third-order valence-corrected chi connectivity index (χ3v) is 6.63. The largest absolute Gasteiger partial charge is 0.353 e. The molecule has 0 aromatic carbocycles. The van der Waals surface area contributed by atoms with E-state index in [1.165, 1.54) is 11.8 Å². The summed E-state index contributed by atoms with van der Waals surface area (Å²) in [5, 5.41) is 0.907. The van der Waals surface area contributed by atoms with Crippen LogP contribution in [-0.2, 0) is 9.59 Å². The van der Waals surface area contributed by atoms with Crippen LogP contribution in [0, 0.1) is 5.92 Å². The number of hydrogen-bond donors (Lipinski definition) is 0. The molecular formula is C19H26ClN5O2S. The van der Waals surface area contributed by atoms with E-state index in [0.717, 1.165) is 57.7 Å². The Morgan fingerprint density at radius 2 is 1.93 bits per heavy atom. The Hall–Kier alpha value is -1.54. The summed E-state index contributed by atoms with van der Waals surface area (Å²) in [5.41, 5.74) is 0. The van der Waals surface area contributed by atoms with Crippen LogP contribution in [0.5, 0.6) is 0 Å². The van der Waals surface area contributed by atoms with Crippen LogP contribution in [0.25, 0.3) is 0 Å². The molecule has 1 atom stereocenters. The number of hydrogen-bond acceptors (Lipinski definition) is 6. The van der Waals surface area contributed by atoms with Crippen LogP contribution in [0.4, 0.5) is 5.82 Å². The van der Waals surface area contributed by atoms with Crippen molar-refractivity contribution >= 4 is 41.0 Å². The number of amides is 2. The molecule has 3 aliphatic rings. The molecule has 4 rings (SSSR count). The molecule has 3 heterocycles. The lowest BCUT2D eigenvalue weighted by Crippen LogP contribution is -2.54. The SMILES string of the molecule is CC1CN(c2cc(Cl)nc(SCC(=O)N3CCCC3)n2)CCN1C(=O)C1CC1. The molecule has 0 N–H and O–H groups in total. The Morgan fingerprint density at radius 3 is 2.61 bits per heavy atom. The van der Waals surface area contributed by atoms with E-state index in [2.05, 4.69) is 21.8 Å². The first-order valence-electron chi connectivity index (χ1n) is 10.0. The molecule has 1 saturated carbocycles. The minimum atomic E-state index is 0.133. The highest BCUT2D eigenvalue weighted by molar-refractivity contribution is 7.99. The summed E-state index contributed by atoms with van der Waals surface area (Å²) < 4.78 is 0. The molecule has 3 fully saturated rings. The van der Waals surface area contributed by atoms with Crippen LogP contribution >= 0.6 is 23.4 Å². The van der Waals surface area contributed by atoms with Gasteiger partial charge in [-0.2, -0.15) is 0 Å². The van der Waals surface area contributed by atoms with Gasteiger partial charge >= 0.3 is 0 Å². The first kappa shape index (κ1) is 19.8. The van der Waals surface area contributed by atoms with Gasteiger partial charge in [-0.05, 0) is 32.6 Å². The van der Waals surface area contributed by atoms with Gasteiger partial charge in [-0.3, -0.25) is 9.59 Å². The first-order chi connectivity index (χ1) is 13.5. The van der Waals surface area contributed by atoms with E-state index in [0.29, 0.717) is 28.5 Å². The predicted molar refractivity (Wildman–Crippen MR) is 110 cm³/mol. The predicted octanol–water partition coefficient (Wildman–Crippen LogP) is 2.29. The van der Waals surface area contributed by atoms with Gasteiger partial charge in [0.05, 0.1) is 5.75 Å². The highest BCUT2D eigenvalue weighted by atomic mass is 35.5. The van der Waals surface area contributed by atoms with E-state index < -0.39 is 0 Å². The van der Waals surface area contributed by atoms with Gasteiger partial charge in [0, 0.05) is 50.7 Å². The number of carbonyl (C=O) groups excluding carboxylic acids is 2. The zero-order chi connectivity index (χ0) is 19.7. The summed E-state index contributed by atoms with van der Waals surface area (Å²) in [6, 6.07) is 1.90. The van der Waals surface area contributed by atoms with Crippen LogP contribution in [0.3, 0.4) is 0 Å². The second-order valence-corrected chi connectivity index (χ2v) is 9.14. The number of nitrogens with zero attached hydrogens (tertiary/aromatic N) is 5. The molecule has 0 bridgehead atoms. The molecule has 2 amide bonds. The zero-order valence-electron chi connectivity index (χ0n) is 16.1. The average Bonchev–Trinajstić information content (AvgIpc) is 3.39. The van der Waals surface area contributed by atoms with Crippen molar-refractivity contribution in [3.05, 3.63) is 11.2 Å². The molecule has 7 nitrogen and oxygen atoms in total. The van der Waals surface area contributed by atoms with Crippen LogP contribution < -0.4 is 4.90 Å². The highest BCUT2D eigenvalue weighted by Gasteiger charge is 2.37. The van der Waals surface area contributed by atoms with Gasteiger partial charge in [-0.15, -0.1) is 0 Å². The standard InChI is InChI=1S/C19H26ClN5O2S/c1-13-11-24(8-9-25(13)18(27)14-4-5-14)16-10-15(20)21-19(22-16)28-12-17(26)23-6-2-3-7-23/h10,13-14H,2-9,11-12H2,1H3. The van der Waals surface area contributed by atoms with Crippen LogP contribution in [0.1, 0.15) is 32.6 Å². The Balaban J connectivity index is 1.38. The molecule has 9 heteroatoms. The van der Waals surface area contributed by atoms with Crippen LogP contribution in [0.2, 0.25) is 5.15 Å². The first-order valence-corrected chi connectivity index (χ1v) is 11.4. The lowest BCUT2D eigenvalue weighted by molar-refractivity contribution is -0.135. The van der Waals surface area contributed by atoms with Crippen molar-refractivity contribution in [3.63, 3.8) is 0 Å². The number of anilines is 1. The fourth-order valence-corrected chi connectivity index (χ4v) is 4.84. The summed E-state index contributed by atoms with van der Waals surface area (Å²) in [7, 11) is 0. The van der Waals surface area contributed by atoms with E-state index in [-0.39, 0.29) is 17.9 Å². The molecule has 1 aromatic heterocycles. The maximum absolute atomic E-state index is 12.4. The topological polar surface area (TPSA) is 69.6 Å². The average molecular weight is 424 g/mol. The summed E-state index contributed by atoms with van der Waals surface area (Å²) in [4.78, 5) is 39.6. The summed E-state index contributed by atoms with van der Waals surface area (Å²) in [5.74, 6) is 1.78. The van der Waals surface area contributed by atoms with E-state index in [9.17, 15) is 9.59 Å². The van der Waals surface area contributed by atoms with Gasteiger partial charge in [-0.25, -0.2) is 9.97 Å². The van der Waals surface area contributed by atoms with Gasteiger partial charge in [0.1, 0.15) is 11.0 Å². The Labute approximate surface area is 174 Å². The van der Waals surface area contributed by atoms with Crippen molar-refractivity contribution in [3.8, 4) is 0 Å². The quantitative estimate of drug-likeness (QED) is 0.411. The molecule has 152 valence electrons. The number of rotatable bonds is 5. The van der Waals surface area contributed by atoms with E-state index in [1.807, 2.05) is 9.80 Å². The van der Waals surface area contributed by atoms with Crippen molar-refractivity contribution in [2.45, 2.75) is 43.8 Å². The third-order valence-electron chi connectivity index (χ3n) is 5.61. The number of halogens is 1. The number of likely N-dealkylation sites (tertiary alicyclic amines) is 1. The van der Waals surface area contributed by atoms with Crippen molar-refractivity contribution < 1.29 is 9.59 Å². The normalized spacial score (nSPS) is 22.6. The van der Waals surface area contributed by atoms with Crippen molar-refractivity contribution in [2.24, 2.45) is 5.92 Å². The lowest BCUT2D eigenvalue weighted by Gasteiger charge is -2.40. The number of piperazine rings is 1. The molecular weight excluding hydrogens is 398 g/mol. The Kier molecular flexibility index (Phi) is 5.96. The third kappa shape index (κ3) is 4.54. The molecule has 2 aliphatic heterocycles. The molecule has 0 radical (unpaired) electrons. The van der Waals surface area contributed by atoms with Gasteiger partial charge < -0.3 is 14.7 Å². The monoisotopic (exact) mass is 423 g/mol. The number of aromatic nitrogens is 2. The molecule has 1 aliphatic carbocycles. The van der Waals surface area contributed by atoms with Crippen molar-refractivity contribution in [2.75, 3.05) is 43.4 Å². The van der Waals surface area contributed by atoms with Crippen LogP contribution in [0.15, 0.2) is 11.2 Å². The fourth-order valence-electron chi connectivity index (χ4n) is 3.85. The van der Waals surface area contributed by atoms with Gasteiger partial charge in [0.2, 0.25) is 11.8 Å². The molecule has 1 aromatic rings. The Bertz CT molecular complexity index is 754. The maximum Gasteiger partial charge on any atom is 0.233 e. The second-order valence-electron chi connectivity index (χ2n) is 7.81. The van der Waals surface area contributed by atoms with Gasteiger partial charge in [0.25, 0.3) is 0 Å².